The van der Waals surface area contributed by atoms with E-state index in [0.29, 0.717) is 12.5 Å². The Morgan fingerprint density at radius 3 is 2.68 bits per heavy atom. The summed E-state index contributed by atoms with van der Waals surface area (Å²) in [5.41, 5.74) is -0.470. The second kappa shape index (κ2) is 8.82. The molecule has 0 aliphatic heterocycles. The maximum absolute atomic E-state index is 12.3. The Kier molecular flexibility index (Phi) is 7.80. The largest absolute Gasteiger partial charge is 0.465 e. The van der Waals surface area contributed by atoms with Crippen LogP contribution in [0.5, 0.6) is 0 Å². The highest BCUT2D eigenvalue weighted by Gasteiger charge is 2.51. The molecule has 4 nitrogen and oxygen atoms in total. The van der Waals surface area contributed by atoms with Gasteiger partial charge in [-0.2, -0.15) is 11.8 Å². The predicted octanol–water partition coefficient (Wildman–Crippen LogP) is 2.08. The molecule has 1 rings (SSSR count). The summed E-state index contributed by atoms with van der Waals surface area (Å²) in [4.78, 5) is 12.3. The molecule has 0 aromatic carbocycles. The molecule has 0 saturated heterocycles. The van der Waals surface area contributed by atoms with E-state index in [1.165, 1.54) is 0 Å². The van der Waals surface area contributed by atoms with Gasteiger partial charge in [-0.15, -0.1) is 0 Å². The van der Waals surface area contributed by atoms with Gasteiger partial charge < -0.3 is 14.8 Å². The minimum Gasteiger partial charge on any atom is -0.465 e. The molecule has 1 aliphatic carbocycles. The Balaban J connectivity index is 2.54. The highest BCUT2D eigenvalue weighted by Crippen LogP contribution is 2.42. The molecule has 0 aromatic heterocycles. The molecular weight excluding hydrogens is 262 g/mol. The number of methoxy groups -OCH3 is 1. The summed E-state index contributed by atoms with van der Waals surface area (Å²) in [5.74, 6) is 2.20. The number of carbonyl (C=O) groups is 1. The van der Waals surface area contributed by atoms with E-state index < -0.39 is 5.54 Å². The van der Waals surface area contributed by atoms with Gasteiger partial charge in [-0.3, -0.25) is 4.79 Å². The number of rotatable bonds is 11. The Morgan fingerprint density at radius 2 is 2.16 bits per heavy atom. The van der Waals surface area contributed by atoms with Crippen LogP contribution in [0.1, 0.15) is 33.1 Å². The third kappa shape index (κ3) is 4.97. The lowest BCUT2D eigenvalue weighted by Crippen LogP contribution is -2.57. The smallest absolute Gasteiger partial charge is 0.327 e. The zero-order chi connectivity index (χ0) is 14.1. The Labute approximate surface area is 121 Å². The summed E-state index contributed by atoms with van der Waals surface area (Å²) >= 11 is 1.82. The van der Waals surface area contributed by atoms with Crippen molar-refractivity contribution in [2.24, 2.45) is 5.92 Å². The van der Waals surface area contributed by atoms with E-state index in [4.69, 9.17) is 9.47 Å². The quantitative estimate of drug-likeness (QED) is 0.466. The molecule has 0 bridgehead atoms. The SMILES string of the molecule is CCNC(CSCCCOC)(C(=O)OCC)C1CC1. The van der Waals surface area contributed by atoms with Crippen LogP contribution in [-0.4, -0.2) is 49.9 Å². The van der Waals surface area contributed by atoms with Gasteiger partial charge in [-0.1, -0.05) is 6.92 Å². The molecule has 1 atom stereocenters. The maximum Gasteiger partial charge on any atom is 0.327 e. The molecule has 19 heavy (non-hydrogen) atoms. The van der Waals surface area contributed by atoms with Crippen molar-refractivity contribution in [3.63, 3.8) is 0 Å². The fraction of sp³-hybridized carbons (Fsp3) is 0.929. The predicted molar refractivity (Wildman–Crippen MR) is 79.6 cm³/mol. The lowest BCUT2D eigenvalue weighted by atomic mass is 9.95. The van der Waals surface area contributed by atoms with E-state index in [1.54, 1.807) is 7.11 Å². The topological polar surface area (TPSA) is 47.6 Å². The van der Waals surface area contributed by atoms with E-state index in [0.717, 1.165) is 43.9 Å². The van der Waals surface area contributed by atoms with Crippen molar-refractivity contribution < 1.29 is 14.3 Å². The first-order valence-corrected chi connectivity index (χ1v) is 8.35. The van der Waals surface area contributed by atoms with Gasteiger partial charge in [0.05, 0.1) is 6.61 Å². The molecule has 1 unspecified atom stereocenters. The van der Waals surface area contributed by atoms with Crippen molar-refractivity contribution in [1.82, 2.24) is 5.32 Å². The first-order chi connectivity index (χ1) is 9.21. The van der Waals surface area contributed by atoms with E-state index in [-0.39, 0.29) is 5.97 Å². The van der Waals surface area contributed by atoms with Crippen LogP contribution in [-0.2, 0) is 14.3 Å². The molecule has 1 saturated carbocycles. The number of esters is 1. The van der Waals surface area contributed by atoms with Crippen LogP contribution in [0.25, 0.3) is 0 Å². The minimum atomic E-state index is -0.470. The summed E-state index contributed by atoms with van der Waals surface area (Å²) in [6.45, 7) is 5.95. The summed E-state index contributed by atoms with van der Waals surface area (Å²) in [7, 11) is 1.72. The van der Waals surface area contributed by atoms with Gasteiger partial charge in [0, 0.05) is 19.5 Å². The monoisotopic (exact) mass is 289 g/mol. The molecule has 1 N–H and O–H groups in total. The highest BCUT2D eigenvalue weighted by atomic mass is 32.2. The van der Waals surface area contributed by atoms with Crippen LogP contribution < -0.4 is 5.32 Å². The van der Waals surface area contributed by atoms with Gasteiger partial charge in [0.1, 0.15) is 5.54 Å². The lowest BCUT2D eigenvalue weighted by Gasteiger charge is -2.32. The van der Waals surface area contributed by atoms with Gasteiger partial charge in [-0.05, 0) is 44.4 Å². The molecule has 0 amide bonds. The highest BCUT2D eigenvalue weighted by molar-refractivity contribution is 7.99. The second-order valence-corrected chi connectivity index (χ2v) is 6.00. The van der Waals surface area contributed by atoms with E-state index in [1.807, 2.05) is 25.6 Å². The van der Waals surface area contributed by atoms with Crippen LogP contribution in [0.15, 0.2) is 0 Å². The molecule has 1 aliphatic rings. The molecule has 0 aromatic rings. The number of nitrogens with one attached hydrogen (secondary N) is 1. The van der Waals surface area contributed by atoms with Crippen LogP contribution in [0, 0.1) is 5.92 Å². The van der Waals surface area contributed by atoms with Crippen molar-refractivity contribution in [2.45, 2.75) is 38.6 Å². The standard InChI is InChI=1S/C14H27NO3S/c1-4-15-14(12-7-8-12,13(16)18-5-2)11-19-10-6-9-17-3/h12,15H,4-11H2,1-3H3. The Morgan fingerprint density at radius 1 is 1.42 bits per heavy atom. The van der Waals surface area contributed by atoms with Crippen LogP contribution in [0.2, 0.25) is 0 Å². The normalized spacial score (nSPS) is 18.1. The molecular formula is C14H27NO3S. The van der Waals surface area contributed by atoms with E-state index in [2.05, 4.69) is 5.32 Å². The first-order valence-electron chi connectivity index (χ1n) is 7.20. The van der Waals surface area contributed by atoms with Crippen molar-refractivity contribution in [3.05, 3.63) is 0 Å². The summed E-state index contributed by atoms with van der Waals surface area (Å²) in [6.07, 6.45) is 3.28. The zero-order valence-electron chi connectivity index (χ0n) is 12.4. The first kappa shape index (κ1) is 16.8. The van der Waals surface area contributed by atoms with E-state index in [9.17, 15) is 4.79 Å². The number of ether oxygens (including phenoxy) is 2. The van der Waals surface area contributed by atoms with Crippen molar-refractivity contribution in [3.8, 4) is 0 Å². The number of hydrogen-bond donors (Lipinski definition) is 1. The minimum absolute atomic E-state index is 0.0707. The molecule has 0 radical (unpaired) electrons. The number of carbonyl (C=O) groups excluding carboxylic acids is 1. The van der Waals surface area contributed by atoms with E-state index >= 15 is 0 Å². The van der Waals surface area contributed by atoms with Gasteiger partial charge in [0.2, 0.25) is 0 Å². The fourth-order valence-corrected chi connectivity index (χ4v) is 3.54. The molecule has 5 heteroatoms. The van der Waals surface area contributed by atoms with Crippen molar-refractivity contribution in [1.29, 1.82) is 0 Å². The average Bonchev–Trinajstić information content (AvgIpc) is 3.22. The number of hydrogen-bond acceptors (Lipinski definition) is 5. The van der Waals surface area contributed by atoms with Crippen LogP contribution in [0.3, 0.4) is 0 Å². The molecule has 112 valence electrons. The maximum atomic E-state index is 12.3. The number of thioether (sulfide) groups is 1. The molecule has 0 spiro atoms. The Hall–Kier alpha value is -0.260. The van der Waals surface area contributed by atoms with Gasteiger partial charge in [0.15, 0.2) is 0 Å². The summed E-state index contributed by atoms with van der Waals surface area (Å²) in [6, 6.07) is 0. The third-order valence-corrected chi connectivity index (χ3v) is 4.61. The lowest BCUT2D eigenvalue weighted by molar-refractivity contribution is -0.151. The van der Waals surface area contributed by atoms with Gasteiger partial charge >= 0.3 is 5.97 Å². The van der Waals surface area contributed by atoms with Gasteiger partial charge in [0.25, 0.3) is 0 Å². The van der Waals surface area contributed by atoms with Crippen molar-refractivity contribution >= 4 is 17.7 Å². The third-order valence-electron chi connectivity index (χ3n) is 3.37. The summed E-state index contributed by atoms with van der Waals surface area (Å²) in [5, 5.41) is 3.41. The molecule has 0 heterocycles. The number of likely N-dealkylation sites (N-methyl/N-ethyl adjacent to an activating group) is 1. The van der Waals surface area contributed by atoms with Gasteiger partial charge in [-0.25, -0.2) is 0 Å². The average molecular weight is 289 g/mol. The Bertz CT molecular complexity index is 271. The molecule has 1 fully saturated rings. The zero-order valence-corrected chi connectivity index (χ0v) is 13.2. The van der Waals surface area contributed by atoms with Crippen molar-refractivity contribution in [2.75, 3.05) is 38.4 Å². The van der Waals surface area contributed by atoms with Crippen LogP contribution >= 0.6 is 11.8 Å². The van der Waals surface area contributed by atoms with Crippen LogP contribution in [0.4, 0.5) is 0 Å². The second-order valence-electron chi connectivity index (χ2n) is 4.90. The summed E-state index contributed by atoms with van der Waals surface area (Å²) < 4.78 is 10.3. The fourth-order valence-electron chi connectivity index (χ4n) is 2.30.